The SMILES string of the molecule is CCc1ccc(C(=O)Nc2sc(C)c(CC)c2C(=O)O)cc1S(C)(=O)=O. The maximum absolute atomic E-state index is 12.6. The van der Waals surface area contributed by atoms with Crippen LogP contribution in [-0.2, 0) is 22.7 Å². The minimum absolute atomic E-state index is 0.0943. The zero-order chi connectivity index (χ0) is 19.6. The molecule has 1 heterocycles. The molecule has 6 nitrogen and oxygen atoms in total. The number of amides is 1. The molecule has 1 amide bonds. The predicted octanol–water partition coefficient (Wildman–Crippen LogP) is 3.54. The third-order valence-corrected chi connectivity index (χ3v) is 6.36. The maximum Gasteiger partial charge on any atom is 0.339 e. The molecule has 1 aromatic heterocycles. The molecule has 0 aliphatic carbocycles. The van der Waals surface area contributed by atoms with Crippen LogP contribution >= 0.6 is 11.3 Å². The first kappa shape index (κ1) is 20.1. The number of aryl methyl sites for hydroxylation is 2. The lowest BCUT2D eigenvalue weighted by molar-refractivity contribution is 0.0697. The van der Waals surface area contributed by atoms with Crippen molar-refractivity contribution in [1.29, 1.82) is 0 Å². The van der Waals surface area contributed by atoms with Gasteiger partial charge in [0.1, 0.15) is 5.00 Å². The number of carbonyl (C=O) groups excluding carboxylic acids is 1. The monoisotopic (exact) mass is 395 g/mol. The van der Waals surface area contributed by atoms with Gasteiger partial charge in [0, 0.05) is 16.7 Å². The van der Waals surface area contributed by atoms with Crippen LogP contribution in [0.4, 0.5) is 5.00 Å². The number of nitrogens with one attached hydrogen (secondary N) is 1. The molecular formula is C18H21NO5S2. The summed E-state index contributed by atoms with van der Waals surface area (Å²) in [6.07, 6.45) is 2.17. The second-order valence-electron chi connectivity index (χ2n) is 5.90. The van der Waals surface area contributed by atoms with Crippen LogP contribution in [0, 0.1) is 6.92 Å². The second-order valence-corrected chi connectivity index (χ2v) is 9.11. The molecule has 0 fully saturated rings. The maximum atomic E-state index is 12.6. The van der Waals surface area contributed by atoms with Crippen LogP contribution in [0.3, 0.4) is 0 Å². The highest BCUT2D eigenvalue weighted by molar-refractivity contribution is 7.90. The Morgan fingerprint density at radius 1 is 1.19 bits per heavy atom. The van der Waals surface area contributed by atoms with Gasteiger partial charge in [-0.05, 0) is 43.0 Å². The molecular weight excluding hydrogens is 374 g/mol. The van der Waals surface area contributed by atoms with E-state index in [0.29, 0.717) is 24.0 Å². The Labute approximate surface area is 156 Å². The lowest BCUT2D eigenvalue weighted by Crippen LogP contribution is -2.15. The number of carboxylic acids is 1. The van der Waals surface area contributed by atoms with Crippen LogP contribution in [0.1, 0.15) is 50.6 Å². The van der Waals surface area contributed by atoms with Crippen molar-refractivity contribution in [1.82, 2.24) is 0 Å². The van der Waals surface area contributed by atoms with Gasteiger partial charge in [0.2, 0.25) is 0 Å². The highest BCUT2D eigenvalue weighted by Gasteiger charge is 2.23. The molecule has 2 rings (SSSR count). The standard InChI is InChI=1S/C18H21NO5S2/c1-5-11-7-8-12(9-14(11)26(4,23)24)16(20)19-17-15(18(21)22)13(6-2)10(3)25-17/h7-9H,5-6H2,1-4H3,(H,19,20)(H,21,22). The van der Waals surface area contributed by atoms with Crippen LogP contribution in [0.5, 0.6) is 0 Å². The smallest absolute Gasteiger partial charge is 0.339 e. The largest absolute Gasteiger partial charge is 0.478 e. The van der Waals surface area contributed by atoms with E-state index in [1.807, 2.05) is 20.8 Å². The van der Waals surface area contributed by atoms with Gasteiger partial charge < -0.3 is 10.4 Å². The predicted molar refractivity (Wildman–Crippen MR) is 102 cm³/mol. The molecule has 0 spiro atoms. The molecule has 8 heteroatoms. The van der Waals surface area contributed by atoms with E-state index in [2.05, 4.69) is 5.32 Å². The van der Waals surface area contributed by atoms with E-state index in [0.717, 1.165) is 11.1 Å². The van der Waals surface area contributed by atoms with E-state index in [9.17, 15) is 23.1 Å². The normalized spacial score (nSPS) is 11.4. The summed E-state index contributed by atoms with van der Waals surface area (Å²) >= 11 is 1.20. The molecule has 0 radical (unpaired) electrons. The van der Waals surface area contributed by atoms with Crippen LogP contribution in [0.15, 0.2) is 23.1 Å². The number of carboxylic acid groups (broad SMARTS) is 1. The zero-order valence-electron chi connectivity index (χ0n) is 15.0. The van der Waals surface area contributed by atoms with Gasteiger partial charge in [0.15, 0.2) is 9.84 Å². The number of benzene rings is 1. The molecule has 0 aliphatic rings. The van der Waals surface area contributed by atoms with E-state index in [-0.39, 0.29) is 21.0 Å². The quantitative estimate of drug-likeness (QED) is 0.779. The number of carbonyl (C=O) groups is 2. The van der Waals surface area contributed by atoms with E-state index in [4.69, 9.17) is 0 Å². The molecule has 0 aliphatic heterocycles. The van der Waals surface area contributed by atoms with Crippen molar-refractivity contribution in [3.05, 3.63) is 45.3 Å². The van der Waals surface area contributed by atoms with Crippen molar-refractivity contribution >= 4 is 38.1 Å². The van der Waals surface area contributed by atoms with Crippen molar-refractivity contribution in [3.8, 4) is 0 Å². The lowest BCUT2D eigenvalue weighted by Gasteiger charge is -2.10. The summed E-state index contributed by atoms with van der Waals surface area (Å²) in [6, 6.07) is 4.50. The van der Waals surface area contributed by atoms with Gasteiger partial charge in [-0.1, -0.05) is 19.9 Å². The van der Waals surface area contributed by atoms with Crippen LogP contribution in [0.2, 0.25) is 0 Å². The van der Waals surface area contributed by atoms with Gasteiger partial charge >= 0.3 is 5.97 Å². The summed E-state index contributed by atoms with van der Waals surface area (Å²) in [7, 11) is -3.47. The Kier molecular flexibility index (Phi) is 5.87. The average Bonchev–Trinajstić information content (AvgIpc) is 2.88. The van der Waals surface area contributed by atoms with Gasteiger partial charge in [0.05, 0.1) is 10.5 Å². The topological polar surface area (TPSA) is 101 Å². The van der Waals surface area contributed by atoms with Crippen LogP contribution in [-0.4, -0.2) is 31.7 Å². The minimum Gasteiger partial charge on any atom is -0.478 e. The fourth-order valence-corrected chi connectivity index (χ4v) is 4.99. The Morgan fingerprint density at radius 3 is 2.35 bits per heavy atom. The van der Waals surface area contributed by atoms with Crippen LogP contribution < -0.4 is 5.32 Å². The van der Waals surface area contributed by atoms with Crippen molar-refractivity contribution in [2.75, 3.05) is 11.6 Å². The summed E-state index contributed by atoms with van der Waals surface area (Å²) in [5.74, 6) is -1.64. The molecule has 0 atom stereocenters. The summed E-state index contributed by atoms with van der Waals surface area (Å²) in [5, 5.41) is 12.4. The summed E-state index contributed by atoms with van der Waals surface area (Å²) in [6.45, 7) is 5.50. The molecule has 2 N–H and O–H groups in total. The van der Waals surface area contributed by atoms with Gasteiger partial charge in [0.25, 0.3) is 5.91 Å². The first-order chi connectivity index (χ1) is 12.1. The zero-order valence-corrected chi connectivity index (χ0v) is 16.7. The highest BCUT2D eigenvalue weighted by atomic mass is 32.2. The van der Waals surface area contributed by atoms with Gasteiger partial charge in [-0.15, -0.1) is 11.3 Å². The van der Waals surface area contributed by atoms with E-state index >= 15 is 0 Å². The van der Waals surface area contributed by atoms with E-state index in [1.54, 1.807) is 12.1 Å². The molecule has 140 valence electrons. The Balaban J connectivity index is 2.45. The van der Waals surface area contributed by atoms with Gasteiger partial charge in [-0.3, -0.25) is 4.79 Å². The second kappa shape index (κ2) is 7.59. The molecule has 0 saturated carbocycles. The van der Waals surface area contributed by atoms with Crippen molar-refractivity contribution in [2.45, 2.75) is 38.5 Å². The lowest BCUT2D eigenvalue weighted by atomic mass is 10.1. The molecule has 2 aromatic rings. The number of thiophene rings is 1. The van der Waals surface area contributed by atoms with Crippen LogP contribution in [0.25, 0.3) is 0 Å². The fourth-order valence-electron chi connectivity index (χ4n) is 2.83. The third-order valence-electron chi connectivity index (χ3n) is 4.11. The Hall–Kier alpha value is -2.19. The van der Waals surface area contributed by atoms with E-state index in [1.165, 1.54) is 17.4 Å². The average molecular weight is 396 g/mol. The molecule has 1 aromatic carbocycles. The van der Waals surface area contributed by atoms with Crippen molar-refractivity contribution in [3.63, 3.8) is 0 Å². The number of aromatic carboxylic acids is 1. The number of rotatable bonds is 6. The Morgan fingerprint density at radius 2 is 1.85 bits per heavy atom. The highest BCUT2D eigenvalue weighted by Crippen LogP contribution is 2.34. The molecule has 26 heavy (non-hydrogen) atoms. The Bertz CT molecular complexity index is 974. The third kappa shape index (κ3) is 3.96. The minimum atomic E-state index is -3.47. The summed E-state index contributed by atoms with van der Waals surface area (Å²) in [5.41, 5.74) is 1.59. The summed E-state index contributed by atoms with van der Waals surface area (Å²) < 4.78 is 23.9. The molecule has 0 unspecified atom stereocenters. The number of hydrogen-bond donors (Lipinski definition) is 2. The van der Waals surface area contributed by atoms with Gasteiger partial charge in [-0.2, -0.15) is 0 Å². The van der Waals surface area contributed by atoms with Gasteiger partial charge in [-0.25, -0.2) is 13.2 Å². The molecule has 0 bridgehead atoms. The number of sulfone groups is 1. The van der Waals surface area contributed by atoms with Crippen molar-refractivity contribution < 1.29 is 23.1 Å². The van der Waals surface area contributed by atoms with Crippen molar-refractivity contribution in [2.24, 2.45) is 0 Å². The first-order valence-corrected chi connectivity index (χ1v) is 10.8. The molecule has 0 saturated heterocycles. The van der Waals surface area contributed by atoms with E-state index < -0.39 is 21.7 Å². The number of hydrogen-bond acceptors (Lipinski definition) is 5. The first-order valence-electron chi connectivity index (χ1n) is 8.10. The fraction of sp³-hybridized carbons (Fsp3) is 0.333. The number of anilines is 1. The summed E-state index contributed by atoms with van der Waals surface area (Å²) in [4.78, 5) is 25.1.